The molecule has 168 valence electrons. The first-order chi connectivity index (χ1) is 15.3. The first-order valence-corrected chi connectivity index (χ1v) is 12.4. The third-order valence-electron chi connectivity index (χ3n) is 6.09. The Kier molecular flexibility index (Phi) is 5.09. The first kappa shape index (κ1) is 20.8. The number of sulfonamides is 1. The van der Waals surface area contributed by atoms with E-state index >= 15 is 0 Å². The normalized spacial score (nSPS) is 19.0. The van der Waals surface area contributed by atoms with Gasteiger partial charge in [0.2, 0.25) is 21.7 Å². The van der Waals surface area contributed by atoms with Crippen molar-refractivity contribution in [2.24, 2.45) is 0 Å². The van der Waals surface area contributed by atoms with Gasteiger partial charge in [-0.15, -0.1) is 0 Å². The second-order valence-electron chi connectivity index (χ2n) is 8.29. The van der Waals surface area contributed by atoms with E-state index in [1.54, 1.807) is 10.9 Å². The number of fused-ring (bicyclic) bond motifs is 1. The summed E-state index contributed by atoms with van der Waals surface area (Å²) in [6.07, 6.45) is 6.77. The number of benzene rings is 1. The van der Waals surface area contributed by atoms with Gasteiger partial charge in [-0.3, -0.25) is 9.48 Å². The molecule has 0 radical (unpaired) electrons. The van der Waals surface area contributed by atoms with E-state index in [4.69, 9.17) is 4.52 Å². The molecule has 1 atom stereocenters. The lowest BCUT2D eigenvalue weighted by Gasteiger charge is -2.36. The lowest BCUT2D eigenvalue weighted by Crippen LogP contribution is -2.50. The maximum atomic E-state index is 12.8. The molecule has 2 aromatic heterocycles. The standard InChI is InChI=1S/C21H24N6O4S/c1-3-19-24-20(25-31-19)14-4-6-17-13(8-14)5-7-18(17)23-21(28)15-9-22-27(10-15)16-11-26(12-16)32(2,29)30/h4,6,8-10,16,18H,3,5,7,11-12H2,1-2H3,(H,23,28). The fourth-order valence-corrected chi connectivity index (χ4v) is 5.06. The molecular formula is C21H24N6O4S. The maximum Gasteiger partial charge on any atom is 0.254 e. The van der Waals surface area contributed by atoms with Crippen molar-refractivity contribution in [3.8, 4) is 11.4 Å². The molecule has 3 heterocycles. The van der Waals surface area contributed by atoms with Crippen molar-refractivity contribution in [3.63, 3.8) is 0 Å². The third kappa shape index (κ3) is 3.82. The molecular weight excluding hydrogens is 432 g/mol. The molecule has 1 aliphatic heterocycles. The minimum Gasteiger partial charge on any atom is -0.345 e. The monoisotopic (exact) mass is 456 g/mol. The molecule has 3 aromatic rings. The van der Waals surface area contributed by atoms with Crippen molar-refractivity contribution in [2.75, 3.05) is 19.3 Å². The lowest BCUT2D eigenvalue weighted by molar-refractivity contribution is 0.0936. The van der Waals surface area contributed by atoms with Crippen LogP contribution in [0.2, 0.25) is 0 Å². The second kappa shape index (κ2) is 7.82. The highest BCUT2D eigenvalue weighted by molar-refractivity contribution is 7.88. The zero-order valence-electron chi connectivity index (χ0n) is 17.9. The summed E-state index contributed by atoms with van der Waals surface area (Å²) in [6, 6.07) is 5.91. The van der Waals surface area contributed by atoms with Crippen LogP contribution < -0.4 is 5.32 Å². The SMILES string of the molecule is CCc1nc(-c2ccc3c(c2)CCC3NC(=O)c2cnn(C3CN(S(C)(=O)=O)C3)c2)no1. The Bertz CT molecular complexity index is 1270. The first-order valence-electron chi connectivity index (χ1n) is 10.6. The van der Waals surface area contributed by atoms with Crippen molar-refractivity contribution in [3.05, 3.63) is 53.2 Å². The van der Waals surface area contributed by atoms with Gasteiger partial charge in [0.1, 0.15) is 0 Å². The summed E-state index contributed by atoms with van der Waals surface area (Å²) in [5, 5.41) is 11.4. The fourth-order valence-electron chi connectivity index (χ4n) is 4.17. The van der Waals surface area contributed by atoms with Gasteiger partial charge in [0, 0.05) is 31.3 Å². The molecule has 1 amide bonds. The number of hydrogen-bond acceptors (Lipinski definition) is 7. The number of nitrogens with zero attached hydrogens (tertiary/aromatic N) is 5. The van der Waals surface area contributed by atoms with Crippen LogP contribution >= 0.6 is 0 Å². The topological polar surface area (TPSA) is 123 Å². The average molecular weight is 457 g/mol. The number of aryl methyl sites for hydroxylation is 2. The van der Waals surface area contributed by atoms with Crippen LogP contribution in [0.15, 0.2) is 35.1 Å². The number of amides is 1. The third-order valence-corrected chi connectivity index (χ3v) is 7.33. The predicted molar refractivity (Wildman–Crippen MR) is 115 cm³/mol. The fraction of sp³-hybridized carbons (Fsp3) is 0.429. The number of hydrogen-bond donors (Lipinski definition) is 1. The van der Waals surface area contributed by atoms with Crippen molar-refractivity contribution in [1.29, 1.82) is 0 Å². The quantitative estimate of drug-likeness (QED) is 0.599. The van der Waals surface area contributed by atoms with Gasteiger partial charge in [0.15, 0.2) is 0 Å². The Balaban J connectivity index is 1.25. The van der Waals surface area contributed by atoms with Gasteiger partial charge < -0.3 is 9.84 Å². The second-order valence-corrected chi connectivity index (χ2v) is 10.3. The Morgan fingerprint density at radius 3 is 2.84 bits per heavy atom. The summed E-state index contributed by atoms with van der Waals surface area (Å²) in [5.41, 5.74) is 3.63. The highest BCUT2D eigenvalue weighted by Gasteiger charge is 2.35. The minimum atomic E-state index is -3.18. The van der Waals surface area contributed by atoms with E-state index in [-0.39, 0.29) is 18.0 Å². The number of rotatable bonds is 6. The van der Waals surface area contributed by atoms with Crippen LogP contribution in [0.1, 0.15) is 52.8 Å². The lowest BCUT2D eigenvalue weighted by atomic mass is 10.0. The van der Waals surface area contributed by atoms with Gasteiger partial charge in [0.25, 0.3) is 5.91 Å². The number of carbonyl (C=O) groups is 1. The van der Waals surface area contributed by atoms with Crippen LogP contribution in [0.4, 0.5) is 0 Å². The molecule has 1 fully saturated rings. The van der Waals surface area contributed by atoms with E-state index in [1.807, 2.05) is 19.1 Å². The molecule has 1 saturated heterocycles. The Labute approximate surface area is 185 Å². The van der Waals surface area contributed by atoms with Gasteiger partial charge in [-0.2, -0.15) is 14.4 Å². The molecule has 10 nitrogen and oxygen atoms in total. The van der Waals surface area contributed by atoms with Crippen LogP contribution in [0.5, 0.6) is 0 Å². The van der Waals surface area contributed by atoms with E-state index in [2.05, 4.69) is 26.6 Å². The highest BCUT2D eigenvalue weighted by atomic mass is 32.2. The highest BCUT2D eigenvalue weighted by Crippen LogP contribution is 2.34. The van der Waals surface area contributed by atoms with Crippen LogP contribution in [0, 0.1) is 0 Å². The van der Waals surface area contributed by atoms with Crippen molar-refractivity contribution in [2.45, 2.75) is 38.3 Å². The molecule has 5 rings (SSSR count). The zero-order valence-corrected chi connectivity index (χ0v) is 18.7. The largest absolute Gasteiger partial charge is 0.345 e. The molecule has 1 aliphatic carbocycles. The smallest absolute Gasteiger partial charge is 0.254 e. The van der Waals surface area contributed by atoms with Gasteiger partial charge in [-0.25, -0.2) is 8.42 Å². The number of carbonyl (C=O) groups excluding carboxylic acids is 1. The molecule has 0 saturated carbocycles. The van der Waals surface area contributed by atoms with Crippen LogP contribution in [0.3, 0.4) is 0 Å². The maximum absolute atomic E-state index is 12.8. The van der Waals surface area contributed by atoms with E-state index < -0.39 is 10.0 Å². The summed E-state index contributed by atoms with van der Waals surface area (Å²) in [7, 11) is -3.18. The van der Waals surface area contributed by atoms with E-state index in [0.29, 0.717) is 36.8 Å². The summed E-state index contributed by atoms with van der Waals surface area (Å²) < 4.78 is 31.3. The molecule has 0 bridgehead atoms. The van der Waals surface area contributed by atoms with Crippen LogP contribution in [-0.2, 0) is 22.9 Å². The minimum absolute atomic E-state index is 0.0460. The van der Waals surface area contributed by atoms with E-state index in [1.165, 1.54) is 22.3 Å². The number of nitrogens with one attached hydrogen (secondary N) is 1. The van der Waals surface area contributed by atoms with Crippen molar-refractivity contribution < 1.29 is 17.7 Å². The molecule has 1 unspecified atom stereocenters. The Hall–Kier alpha value is -3.05. The van der Waals surface area contributed by atoms with Crippen LogP contribution in [-0.4, -0.2) is 57.9 Å². The Morgan fingerprint density at radius 1 is 1.31 bits per heavy atom. The van der Waals surface area contributed by atoms with Crippen LogP contribution in [0.25, 0.3) is 11.4 Å². The van der Waals surface area contributed by atoms with E-state index in [9.17, 15) is 13.2 Å². The van der Waals surface area contributed by atoms with Gasteiger partial charge >= 0.3 is 0 Å². The molecule has 11 heteroatoms. The average Bonchev–Trinajstić information content (AvgIpc) is 3.45. The van der Waals surface area contributed by atoms with Gasteiger partial charge in [0.05, 0.1) is 30.1 Å². The molecule has 1 N–H and O–H groups in total. The molecule has 0 spiro atoms. The molecule has 32 heavy (non-hydrogen) atoms. The summed E-state index contributed by atoms with van der Waals surface area (Å²) in [5.74, 6) is 0.996. The summed E-state index contributed by atoms with van der Waals surface area (Å²) >= 11 is 0. The summed E-state index contributed by atoms with van der Waals surface area (Å²) in [6.45, 7) is 2.72. The van der Waals surface area contributed by atoms with E-state index in [0.717, 1.165) is 24.0 Å². The predicted octanol–water partition coefficient (Wildman–Crippen LogP) is 1.73. The molecule has 2 aliphatic rings. The summed E-state index contributed by atoms with van der Waals surface area (Å²) in [4.78, 5) is 17.2. The van der Waals surface area contributed by atoms with Gasteiger partial charge in [-0.05, 0) is 30.0 Å². The zero-order chi connectivity index (χ0) is 22.5. The van der Waals surface area contributed by atoms with Crippen molar-refractivity contribution in [1.82, 2.24) is 29.5 Å². The Morgan fingerprint density at radius 2 is 2.12 bits per heavy atom. The number of aromatic nitrogens is 4. The van der Waals surface area contributed by atoms with Gasteiger partial charge in [-0.1, -0.05) is 24.2 Å². The molecule has 1 aromatic carbocycles. The van der Waals surface area contributed by atoms with Crippen molar-refractivity contribution >= 4 is 15.9 Å².